The third-order valence-corrected chi connectivity index (χ3v) is 5.08. The van der Waals surface area contributed by atoms with Crippen LogP contribution in [-0.2, 0) is 11.2 Å². The number of halogens is 1. The van der Waals surface area contributed by atoms with Gasteiger partial charge in [0, 0.05) is 13.0 Å². The summed E-state index contributed by atoms with van der Waals surface area (Å²) < 4.78 is 24.7. The van der Waals surface area contributed by atoms with Crippen LogP contribution >= 0.6 is 0 Å². The van der Waals surface area contributed by atoms with Crippen LogP contribution in [0.3, 0.4) is 0 Å². The second-order valence-electron chi connectivity index (χ2n) is 7.17. The van der Waals surface area contributed by atoms with Gasteiger partial charge < -0.3 is 14.1 Å². The van der Waals surface area contributed by atoms with Crippen molar-refractivity contribution in [3.63, 3.8) is 0 Å². The van der Waals surface area contributed by atoms with Crippen LogP contribution in [0, 0.1) is 5.82 Å². The number of hydrogen-bond donors (Lipinski definition) is 0. The minimum atomic E-state index is -0.263. The Morgan fingerprint density at radius 3 is 2.72 bits per heavy atom. The largest absolute Gasteiger partial charge is 0.484 e. The Morgan fingerprint density at radius 1 is 1.14 bits per heavy atom. The van der Waals surface area contributed by atoms with Gasteiger partial charge in [-0.05, 0) is 49.1 Å². The number of aromatic nitrogens is 1. The fraction of sp³-hybridized carbons (Fsp3) is 0.304. The van der Waals surface area contributed by atoms with E-state index < -0.39 is 0 Å². The number of carbonyl (C=O) groups excluding carboxylic acids is 1. The van der Waals surface area contributed by atoms with Gasteiger partial charge in [-0.15, -0.1) is 0 Å². The van der Waals surface area contributed by atoms with E-state index in [1.54, 1.807) is 23.2 Å². The lowest BCUT2D eigenvalue weighted by molar-refractivity contribution is -0.137. The molecule has 3 aromatic rings. The number of amides is 1. The van der Waals surface area contributed by atoms with Gasteiger partial charge in [0.05, 0.1) is 6.20 Å². The van der Waals surface area contributed by atoms with E-state index in [1.165, 1.54) is 12.1 Å². The van der Waals surface area contributed by atoms with Crippen LogP contribution < -0.4 is 4.74 Å². The maximum absolute atomic E-state index is 13.1. The monoisotopic (exact) mass is 394 g/mol. The zero-order valence-electron chi connectivity index (χ0n) is 16.1. The van der Waals surface area contributed by atoms with E-state index in [-0.39, 0.29) is 24.4 Å². The minimum absolute atomic E-state index is 0.0103. The lowest BCUT2D eigenvalue weighted by atomic mass is 10.0. The summed E-state index contributed by atoms with van der Waals surface area (Å²) in [6, 6.07) is 15.5. The van der Waals surface area contributed by atoms with Gasteiger partial charge in [-0.1, -0.05) is 30.3 Å². The molecule has 2 aromatic carbocycles. The van der Waals surface area contributed by atoms with Gasteiger partial charge in [0.15, 0.2) is 6.61 Å². The van der Waals surface area contributed by atoms with Crippen LogP contribution in [0.5, 0.6) is 5.75 Å². The molecule has 1 aromatic heterocycles. The second kappa shape index (κ2) is 8.90. The molecule has 0 unspecified atom stereocenters. The number of carbonyl (C=O) groups is 1. The Hall–Kier alpha value is -3.15. The van der Waals surface area contributed by atoms with Crippen LogP contribution in [0.15, 0.2) is 65.2 Å². The third kappa shape index (κ3) is 4.83. The van der Waals surface area contributed by atoms with E-state index >= 15 is 0 Å². The number of ether oxygens (including phenoxy) is 1. The van der Waals surface area contributed by atoms with Crippen LogP contribution in [0.25, 0.3) is 0 Å². The number of likely N-dealkylation sites (tertiary alicyclic amines) is 1. The van der Waals surface area contributed by atoms with Crippen molar-refractivity contribution in [3.05, 3.63) is 83.8 Å². The Morgan fingerprint density at radius 2 is 1.93 bits per heavy atom. The molecule has 29 heavy (non-hydrogen) atoms. The number of para-hydroxylation sites is 1. The molecule has 6 heteroatoms. The van der Waals surface area contributed by atoms with E-state index in [9.17, 15) is 9.18 Å². The molecule has 1 saturated heterocycles. The van der Waals surface area contributed by atoms with Gasteiger partial charge in [-0.2, -0.15) is 0 Å². The Balaban J connectivity index is 1.42. The average molecular weight is 394 g/mol. The van der Waals surface area contributed by atoms with Gasteiger partial charge in [0.1, 0.15) is 23.4 Å². The molecular weight excluding hydrogens is 371 g/mol. The highest BCUT2D eigenvalue weighted by Crippen LogP contribution is 2.31. The van der Waals surface area contributed by atoms with Crippen molar-refractivity contribution in [2.75, 3.05) is 13.2 Å². The first-order chi connectivity index (χ1) is 14.2. The molecule has 0 spiro atoms. The van der Waals surface area contributed by atoms with Crippen molar-refractivity contribution in [1.82, 2.24) is 9.88 Å². The second-order valence-corrected chi connectivity index (χ2v) is 7.17. The molecule has 0 N–H and O–H groups in total. The average Bonchev–Trinajstić information content (AvgIpc) is 3.23. The van der Waals surface area contributed by atoms with Crippen LogP contribution in [0.2, 0.25) is 0 Å². The summed E-state index contributed by atoms with van der Waals surface area (Å²) in [5.41, 5.74) is 0.946. The number of benzene rings is 2. The van der Waals surface area contributed by atoms with Crippen LogP contribution in [0.4, 0.5) is 4.39 Å². The molecule has 1 fully saturated rings. The van der Waals surface area contributed by atoms with Crippen molar-refractivity contribution >= 4 is 5.91 Å². The van der Waals surface area contributed by atoms with E-state index in [1.807, 2.05) is 30.3 Å². The molecule has 2 heterocycles. The van der Waals surface area contributed by atoms with Crippen LogP contribution in [-0.4, -0.2) is 28.9 Å². The zero-order chi connectivity index (χ0) is 20.1. The molecular formula is C23H23FN2O3. The van der Waals surface area contributed by atoms with Crippen molar-refractivity contribution in [2.24, 2.45) is 0 Å². The summed E-state index contributed by atoms with van der Waals surface area (Å²) in [4.78, 5) is 19.0. The molecule has 0 radical (unpaired) electrons. The van der Waals surface area contributed by atoms with Crippen molar-refractivity contribution in [2.45, 2.75) is 31.7 Å². The first-order valence-electron chi connectivity index (χ1n) is 9.85. The van der Waals surface area contributed by atoms with E-state index in [0.717, 1.165) is 24.8 Å². The lowest BCUT2D eigenvalue weighted by Crippen LogP contribution is -2.41. The van der Waals surface area contributed by atoms with Gasteiger partial charge in [-0.3, -0.25) is 4.79 Å². The van der Waals surface area contributed by atoms with Crippen molar-refractivity contribution < 1.29 is 18.3 Å². The topological polar surface area (TPSA) is 55.6 Å². The highest BCUT2D eigenvalue weighted by atomic mass is 19.1. The zero-order valence-corrected chi connectivity index (χ0v) is 16.1. The number of hydrogen-bond acceptors (Lipinski definition) is 4. The van der Waals surface area contributed by atoms with Gasteiger partial charge in [-0.25, -0.2) is 9.37 Å². The fourth-order valence-corrected chi connectivity index (χ4v) is 3.59. The van der Waals surface area contributed by atoms with Gasteiger partial charge in [0.2, 0.25) is 5.89 Å². The molecule has 0 aliphatic carbocycles. The molecule has 0 bridgehead atoms. The molecule has 1 aliphatic rings. The highest BCUT2D eigenvalue weighted by Gasteiger charge is 2.31. The van der Waals surface area contributed by atoms with Crippen LogP contribution in [0.1, 0.15) is 42.5 Å². The summed E-state index contributed by atoms with van der Waals surface area (Å²) in [5.74, 6) is 1.59. The maximum atomic E-state index is 13.1. The minimum Gasteiger partial charge on any atom is -0.484 e. The summed E-state index contributed by atoms with van der Waals surface area (Å²) in [7, 11) is 0. The first kappa shape index (κ1) is 19.2. The molecule has 150 valence electrons. The highest BCUT2D eigenvalue weighted by molar-refractivity contribution is 5.78. The number of rotatable bonds is 6. The molecule has 1 amide bonds. The molecule has 5 nitrogen and oxygen atoms in total. The standard InChI is InChI=1S/C23H23FN2O3/c24-18-11-9-17(10-12-18)14-20-15-25-23(29-20)21-8-4-5-13-26(21)22(27)16-28-19-6-2-1-3-7-19/h1-3,6-7,9-12,15,21H,4-5,8,13-14,16H2/t21-/m1/s1. The van der Waals surface area contributed by atoms with E-state index in [0.29, 0.717) is 30.4 Å². The van der Waals surface area contributed by atoms with Crippen molar-refractivity contribution in [1.29, 1.82) is 0 Å². The first-order valence-corrected chi connectivity index (χ1v) is 9.85. The molecule has 1 aliphatic heterocycles. The SMILES string of the molecule is O=C(COc1ccccc1)N1CCCC[C@@H]1c1ncc(Cc2ccc(F)cc2)o1. The summed E-state index contributed by atoms with van der Waals surface area (Å²) >= 11 is 0. The normalized spacial score (nSPS) is 16.6. The molecule has 1 atom stereocenters. The van der Waals surface area contributed by atoms with Crippen molar-refractivity contribution in [3.8, 4) is 5.75 Å². The predicted molar refractivity (Wildman–Crippen MR) is 106 cm³/mol. The lowest BCUT2D eigenvalue weighted by Gasteiger charge is -2.33. The third-order valence-electron chi connectivity index (χ3n) is 5.08. The quantitative estimate of drug-likeness (QED) is 0.616. The number of piperidine rings is 1. The molecule has 0 saturated carbocycles. The fourth-order valence-electron chi connectivity index (χ4n) is 3.59. The molecule has 4 rings (SSSR count). The number of nitrogens with zero attached hydrogens (tertiary/aromatic N) is 2. The van der Waals surface area contributed by atoms with Gasteiger partial charge >= 0.3 is 0 Å². The summed E-state index contributed by atoms with van der Waals surface area (Å²) in [6.07, 6.45) is 5.01. The Kier molecular flexibility index (Phi) is 5.89. The van der Waals surface area contributed by atoms with Gasteiger partial charge in [0.25, 0.3) is 5.91 Å². The predicted octanol–water partition coefficient (Wildman–Crippen LogP) is 4.54. The smallest absolute Gasteiger partial charge is 0.261 e. The Bertz CT molecular complexity index is 940. The maximum Gasteiger partial charge on any atom is 0.261 e. The Labute approximate surface area is 169 Å². The van der Waals surface area contributed by atoms with E-state index in [4.69, 9.17) is 9.15 Å². The van der Waals surface area contributed by atoms with E-state index in [2.05, 4.69) is 4.98 Å². The summed E-state index contributed by atoms with van der Waals surface area (Å²) in [5, 5.41) is 0. The summed E-state index contributed by atoms with van der Waals surface area (Å²) in [6.45, 7) is 0.654. The number of oxazole rings is 1.